The third-order valence-electron chi connectivity index (χ3n) is 2.11. The predicted molar refractivity (Wildman–Crippen MR) is 82.2 cm³/mol. The number of thiophene rings is 1. The molecule has 0 radical (unpaired) electrons. The van der Waals surface area contributed by atoms with Crippen LogP contribution in [0.2, 0.25) is 5.02 Å². The number of hydrazone groups is 1. The third-order valence-corrected chi connectivity index (χ3v) is 4.18. The molecule has 0 atom stereocenters. The Morgan fingerprint density at radius 2 is 2.16 bits per heavy atom. The van der Waals surface area contributed by atoms with Gasteiger partial charge < -0.3 is 0 Å². The maximum absolute atomic E-state index is 11.5. The summed E-state index contributed by atoms with van der Waals surface area (Å²) in [5.74, 6) is 0.191. The number of carbonyl (C=O) groups excluding carboxylic acids is 1. The molecule has 1 N–H and O–H groups in total. The van der Waals surface area contributed by atoms with Gasteiger partial charge in [-0.15, -0.1) is 23.1 Å². The predicted octanol–water partition coefficient (Wildman–Crippen LogP) is 3.64. The number of amides is 1. The van der Waals surface area contributed by atoms with Gasteiger partial charge in [0.05, 0.1) is 12.0 Å². The van der Waals surface area contributed by atoms with Crippen LogP contribution in [0.15, 0.2) is 51.8 Å². The number of hydrogen-bond acceptors (Lipinski definition) is 4. The zero-order valence-electron chi connectivity index (χ0n) is 9.88. The fourth-order valence-corrected chi connectivity index (χ4v) is 2.65. The summed E-state index contributed by atoms with van der Waals surface area (Å²) in [6.45, 7) is 0. The first-order valence-corrected chi connectivity index (χ1v) is 7.72. The van der Waals surface area contributed by atoms with Gasteiger partial charge in [-0.2, -0.15) is 5.10 Å². The van der Waals surface area contributed by atoms with Gasteiger partial charge in [-0.3, -0.25) is 4.79 Å². The van der Waals surface area contributed by atoms with Crippen molar-refractivity contribution in [1.82, 2.24) is 5.43 Å². The highest BCUT2D eigenvalue weighted by Crippen LogP contribution is 2.19. The van der Waals surface area contributed by atoms with Crippen LogP contribution in [-0.2, 0) is 4.79 Å². The number of hydrogen-bond donors (Lipinski definition) is 1. The summed E-state index contributed by atoms with van der Waals surface area (Å²) in [7, 11) is 0. The summed E-state index contributed by atoms with van der Waals surface area (Å²) in [6, 6.07) is 11.2. The van der Waals surface area contributed by atoms with E-state index in [1.165, 1.54) is 11.8 Å². The Kier molecular flexibility index (Phi) is 5.44. The lowest BCUT2D eigenvalue weighted by Gasteiger charge is -2.00. The fraction of sp³-hybridized carbons (Fsp3) is 0.0769. The zero-order valence-corrected chi connectivity index (χ0v) is 12.3. The number of nitrogens with zero attached hydrogens (tertiary/aromatic N) is 1. The van der Waals surface area contributed by atoms with Crippen molar-refractivity contribution in [3.63, 3.8) is 0 Å². The van der Waals surface area contributed by atoms with Crippen LogP contribution >= 0.6 is 34.7 Å². The molecule has 2 aromatic rings. The molecule has 1 aromatic heterocycles. The Labute approximate surface area is 124 Å². The van der Waals surface area contributed by atoms with Crippen LogP contribution in [0.1, 0.15) is 4.88 Å². The van der Waals surface area contributed by atoms with Crippen molar-refractivity contribution in [2.45, 2.75) is 4.90 Å². The van der Waals surface area contributed by atoms with E-state index in [9.17, 15) is 4.79 Å². The van der Waals surface area contributed by atoms with Crippen LogP contribution in [0.5, 0.6) is 0 Å². The van der Waals surface area contributed by atoms with Gasteiger partial charge in [-0.05, 0) is 35.7 Å². The number of rotatable bonds is 5. The zero-order chi connectivity index (χ0) is 13.5. The summed E-state index contributed by atoms with van der Waals surface area (Å²) in [6.07, 6.45) is 1.63. The highest BCUT2D eigenvalue weighted by atomic mass is 35.5. The van der Waals surface area contributed by atoms with Gasteiger partial charge in [-0.25, -0.2) is 5.43 Å². The second kappa shape index (κ2) is 7.33. The molecule has 1 amide bonds. The summed E-state index contributed by atoms with van der Waals surface area (Å²) in [5.41, 5.74) is 2.49. The van der Waals surface area contributed by atoms with Gasteiger partial charge in [0, 0.05) is 14.8 Å². The van der Waals surface area contributed by atoms with Crippen molar-refractivity contribution in [3.05, 3.63) is 51.7 Å². The van der Waals surface area contributed by atoms with Crippen LogP contribution in [-0.4, -0.2) is 17.9 Å². The van der Waals surface area contributed by atoms with E-state index >= 15 is 0 Å². The second-order valence-electron chi connectivity index (χ2n) is 3.55. The molecule has 0 aliphatic rings. The Morgan fingerprint density at radius 3 is 2.84 bits per heavy atom. The second-order valence-corrected chi connectivity index (χ2v) is 6.02. The smallest absolute Gasteiger partial charge is 0.250 e. The number of carbonyl (C=O) groups is 1. The van der Waals surface area contributed by atoms with Gasteiger partial charge in [0.2, 0.25) is 5.91 Å². The number of thioether (sulfide) groups is 1. The average molecular weight is 311 g/mol. The van der Waals surface area contributed by atoms with E-state index in [0.717, 1.165) is 9.77 Å². The monoisotopic (exact) mass is 310 g/mol. The lowest BCUT2D eigenvalue weighted by atomic mass is 10.4. The van der Waals surface area contributed by atoms with E-state index in [2.05, 4.69) is 10.5 Å². The van der Waals surface area contributed by atoms with Crippen molar-refractivity contribution >= 4 is 46.8 Å². The molecule has 1 aromatic carbocycles. The summed E-state index contributed by atoms with van der Waals surface area (Å²) >= 11 is 8.80. The van der Waals surface area contributed by atoms with Crippen LogP contribution < -0.4 is 5.43 Å². The molecule has 0 aliphatic heterocycles. The van der Waals surface area contributed by atoms with Crippen molar-refractivity contribution in [2.75, 3.05) is 5.75 Å². The lowest BCUT2D eigenvalue weighted by Crippen LogP contribution is -2.19. The van der Waals surface area contributed by atoms with E-state index in [0.29, 0.717) is 10.8 Å². The Morgan fingerprint density at radius 1 is 1.37 bits per heavy atom. The molecule has 0 aliphatic carbocycles. The molecule has 0 saturated carbocycles. The third kappa shape index (κ3) is 5.06. The standard InChI is InChI=1S/C13H11ClN2OS2/c14-10-3-5-11(6-4-10)19-9-13(17)16-15-8-12-2-1-7-18-12/h1-8H,9H2,(H,16,17)/b15-8+. The number of nitrogens with one attached hydrogen (secondary N) is 1. The molecule has 98 valence electrons. The maximum Gasteiger partial charge on any atom is 0.250 e. The first-order chi connectivity index (χ1) is 9.24. The maximum atomic E-state index is 11.5. The van der Waals surface area contributed by atoms with Crippen molar-refractivity contribution in [1.29, 1.82) is 0 Å². The summed E-state index contributed by atoms with van der Waals surface area (Å²) in [4.78, 5) is 13.6. The Bertz CT molecular complexity index is 553. The summed E-state index contributed by atoms with van der Waals surface area (Å²) in [5, 5.41) is 6.54. The van der Waals surface area contributed by atoms with E-state index < -0.39 is 0 Å². The molecule has 1 heterocycles. The minimum Gasteiger partial charge on any atom is -0.272 e. The first-order valence-electron chi connectivity index (χ1n) is 5.48. The van der Waals surface area contributed by atoms with Crippen molar-refractivity contribution < 1.29 is 4.79 Å². The van der Waals surface area contributed by atoms with Gasteiger partial charge in [-0.1, -0.05) is 17.7 Å². The molecule has 3 nitrogen and oxygen atoms in total. The van der Waals surface area contributed by atoms with Crippen molar-refractivity contribution in [3.8, 4) is 0 Å². The van der Waals surface area contributed by atoms with Gasteiger partial charge in [0.1, 0.15) is 0 Å². The normalized spacial score (nSPS) is 10.8. The molecule has 0 bridgehead atoms. The topological polar surface area (TPSA) is 41.5 Å². The molecule has 0 spiro atoms. The molecule has 0 fully saturated rings. The Balaban J connectivity index is 1.74. The van der Waals surface area contributed by atoms with Gasteiger partial charge in [0.25, 0.3) is 0 Å². The molecule has 6 heteroatoms. The Hall–Kier alpha value is -1.30. The molecular weight excluding hydrogens is 300 g/mol. The molecule has 0 saturated heterocycles. The van der Waals surface area contributed by atoms with E-state index in [1.54, 1.807) is 29.7 Å². The SMILES string of the molecule is O=C(CSc1ccc(Cl)cc1)N/N=C/c1cccs1. The van der Waals surface area contributed by atoms with Gasteiger partial charge in [0.15, 0.2) is 0 Å². The highest BCUT2D eigenvalue weighted by Gasteiger charge is 2.01. The molecule has 0 unspecified atom stereocenters. The molecular formula is C13H11ClN2OS2. The van der Waals surface area contributed by atoms with Crippen LogP contribution in [0, 0.1) is 0 Å². The van der Waals surface area contributed by atoms with Crippen LogP contribution in [0.3, 0.4) is 0 Å². The highest BCUT2D eigenvalue weighted by molar-refractivity contribution is 8.00. The molecule has 19 heavy (non-hydrogen) atoms. The van der Waals surface area contributed by atoms with E-state index in [-0.39, 0.29) is 5.91 Å². The number of halogens is 1. The lowest BCUT2D eigenvalue weighted by molar-refractivity contribution is -0.118. The van der Waals surface area contributed by atoms with Crippen LogP contribution in [0.25, 0.3) is 0 Å². The van der Waals surface area contributed by atoms with Crippen molar-refractivity contribution in [2.24, 2.45) is 5.10 Å². The minimum absolute atomic E-state index is 0.132. The van der Waals surface area contributed by atoms with E-state index in [1.807, 2.05) is 29.6 Å². The average Bonchev–Trinajstić information content (AvgIpc) is 2.91. The minimum atomic E-state index is -0.132. The molecule has 2 rings (SSSR count). The fourth-order valence-electron chi connectivity index (χ4n) is 1.24. The largest absolute Gasteiger partial charge is 0.272 e. The quantitative estimate of drug-likeness (QED) is 0.520. The van der Waals surface area contributed by atoms with E-state index in [4.69, 9.17) is 11.6 Å². The van der Waals surface area contributed by atoms with Gasteiger partial charge >= 0.3 is 0 Å². The summed E-state index contributed by atoms with van der Waals surface area (Å²) < 4.78 is 0. The number of benzene rings is 1. The first kappa shape index (κ1) is 14.1. The van der Waals surface area contributed by atoms with Crippen LogP contribution in [0.4, 0.5) is 0 Å².